The lowest BCUT2D eigenvalue weighted by molar-refractivity contribution is 0.307. The highest BCUT2D eigenvalue weighted by atomic mass is 15.4. The molecule has 0 saturated heterocycles. The first-order chi connectivity index (χ1) is 6.86. The van der Waals surface area contributed by atoms with Gasteiger partial charge in [0, 0.05) is 13.1 Å². The number of hydrogen-bond acceptors (Lipinski definition) is 4. The van der Waals surface area contributed by atoms with Crippen LogP contribution in [0.1, 0.15) is 31.1 Å². The highest BCUT2D eigenvalue weighted by molar-refractivity contribution is 5.26. The molecule has 2 rings (SSSR count). The summed E-state index contributed by atoms with van der Waals surface area (Å²) in [7, 11) is 3.82. The maximum absolute atomic E-state index is 4.17. The molecular formula is C9H17N5. The van der Waals surface area contributed by atoms with Crippen LogP contribution < -0.4 is 10.6 Å². The van der Waals surface area contributed by atoms with Crippen molar-refractivity contribution in [3.63, 3.8) is 0 Å². The van der Waals surface area contributed by atoms with Gasteiger partial charge in [-0.2, -0.15) is 0 Å². The van der Waals surface area contributed by atoms with E-state index in [1.54, 1.807) is 0 Å². The van der Waals surface area contributed by atoms with E-state index >= 15 is 0 Å². The summed E-state index contributed by atoms with van der Waals surface area (Å²) in [6.45, 7) is 0.783. The molecule has 78 valence electrons. The fourth-order valence-electron chi connectivity index (χ4n) is 1.80. The van der Waals surface area contributed by atoms with Crippen LogP contribution in [-0.4, -0.2) is 28.9 Å². The number of nitrogens with zero attached hydrogens (tertiary/aromatic N) is 3. The zero-order chi connectivity index (χ0) is 9.97. The molecule has 1 aliphatic carbocycles. The van der Waals surface area contributed by atoms with E-state index in [2.05, 4.69) is 25.4 Å². The number of hydrogen-bond donors (Lipinski definition) is 2. The van der Waals surface area contributed by atoms with Crippen LogP contribution in [0.4, 0.5) is 5.95 Å². The van der Waals surface area contributed by atoms with E-state index in [1.807, 2.05) is 14.1 Å². The van der Waals surface area contributed by atoms with Crippen LogP contribution in [0.5, 0.6) is 0 Å². The Morgan fingerprint density at radius 2 is 2.14 bits per heavy atom. The van der Waals surface area contributed by atoms with Gasteiger partial charge in [0.1, 0.15) is 5.82 Å². The SMILES string of the molecule is CNCc1nnc(NC)n1C1CCC1. The van der Waals surface area contributed by atoms with Crippen LogP contribution in [0.15, 0.2) is 0 Å². The fourth-order valence-corrected chi connectivity index (χ4v) is 1.80. The molecule has 0 aliphatic heterocycles. The minimum atomic E-state index is 0.607. The Bertz CT molecular complexity index is 302. The average Bonchev–Trinajstić information content (AvgIpc) is 2.47. The van der Waals surface area contributed by atoms with Crippen molar-refractivity contribution in [1.82, 2.24) is 20.1 Å². The van der Waals surface area contributed by atoms with Crippen LogP contribution in [0, 0.1) is 0 Å². The standard InChI is InChI=1S/C9H17N5/c1-10-6-8-12-13-9(11-2)14(8)7-4-3-5-7/h7,10H,3-6H2,1-2H3,(H,11,13). The quantitative estimate of drug-likeness (QED) is 0.745. The number of nitrogens with one attached hydrogen (secondary N) is 2. The Kier molecular flexibility index (Phi) is 2.67. The second-order valence-corrected chi connectivity index (χ2v) is 3.67. The molecule has 5 heteroatoms. The molecule has 1 aromatic heterocycles. The minimum absolute atomic E-state index is 0.607. The number of anilines is 1. The highest BCUT2D eigenvalue weighted by Gasteiger charge is 2.24. The topological polar surface area (TPSA) is 54.8 Å². The summed E-state index contributed by atoms with van der Waals surface area (Å²) >= 11 is 0. The third kappa shape index (κ3) is 1.48. The van der Waals surface area contributed by atoms with Crippen LogP contribution in [0.25, 0.3) is 0 Å². The first-order valence-corrected chi connectivity index (χ1v) is 5.13. The van der Waals surface area contributed by atoms with Crippen molar-refractivity contribution < 1.29 is 0 Å². The molecule has 0 radical (unpaired) electrons. The third-order valence-electron chi connectivity index (χ3n) is 2.76. The highest BCUT2D eigenvalue weighted by Crippen LogP contribution is 2.34. The number of aromatic nitrogens is 3. The predicted octanol–water partition coefficient (Wildman–Crippen LogP) is 0.764. The Morgan fingerprint density at radius 1 is 1.36 bits per heavy atom. The van der Waals surface area contributed by atoms with E-state index in [1.165, 1.54) is 19.3 Å². The van der Waals surface area contributed by atoms with E-state index in [4.69, 9.17) is 0 Å². The molecule has 1 fully saturated rings. The van der Waals surface area contributed by atoms with Crippen molar-refractivity contribution in [2.45, 2.75) is 31.8 Å². The molecule has 5 nitrogen and oxygen atoms in total. The van der Waals surface area contributed by atoms with Gasteiger partial charge in [-0.15, -0.1) is 10.2 Å². The zero-order valence-corrected chi connectivity index (χ0v) is 8.75. The van der Waals surface area contributed by atoms with Crippen molar-refractivity contribution in [3.05, 3.63) is 5.82 Å². The number of rotatable bonds is 4. The van der Waals surface area contributed by atoms with Crippen molar-refractivity contribution in [2.24, 2.45) is 0 Å². The smallest absolute Gasteiger partial charge is 0.224 e. The molecule has 0 aromatic carbocycles. The Morgan fingerprint density at radius 3 is 2.64 bits per heavy atom. The summed E-state index contributed by atoms with van der Waals surface area (Å²) in [6, 6.07) is 0.607. The van der Waals surface area contributed by atoms with Crippen molar-refractivity contribution in [1.29, 1.82) is 0 Å². The lowest BCUT2D eigenvalue weighted by atomic mass is 9.93. The molecule has 2 N–H and O–H groups in total. The van der Waals surface area contributed by atoms with Gasteiger partial charge in [0.15, 0.2) is 0 Å². The molecule has 1 saturated carbocycles. The Labute approximate surface area is 83.9 Å². The van der Waals surface area contributed by atoms with Crippen molar-refractivity contribution in [2.75, 3.05) is 19.4 Å². The van der Waals surface area contributed by atoms with Crippen molar-refractivity contribution in [3.8, 4) is 0 Å². The maximum Gasteiger partial charge on any atom is 0.224 e. The average molecular weight is 195 g/mol. The Hall–Kier alpha value is -1.10. The molecule has 1 heterocycles. The molecule has 1 aromatic rings. The molecule has 1 aliphatic rings. The van der Waals surface area contributed by atoms with Gasteiger partial charge in [-0.3, -0.25) is 4.57 Å². The van der Waals surface area contributed by atoms with Gasteiger partial charge in [0.25, 0.3) is 0 Å². The third-order valence-corrected chi connectivity index (χ3v) is 2.76. The van der Waals surface area contributed by atoms with Crippen LogP contribution in [0.3, 0.4) is 0 Å². The van der Waals surface area contributed by atoms with E-state index in [0.29, 0.717) is 6.04 Å². The zero-order valence-electron chi connectivity index (χ0n) is 8.75. The van der Waals surface area contributed by atoms with Gasteiger partial charge in [-0.05, 0) is 26.3 Å². The van der Waals surface area contributed by atoms with Crippen molar-refractivity contribution >= 4 is 5.95 Å². The largest absolute Gasteiger partial charge is 0.357 e. The van der Waals surface area contributed by atoms with Crippen LogP contribution in [0.2, 0.25) is 0 Å². The van der Waals surface area contributed by atoms with E-state index in [9.17, 15) is 0 Å². The van der Waals surface area contributed by atoms with Gasteiger partial charge >= 0.3 is 0 Å². The first kappa shape index (κ1) is 9.45. The lowest BCUT2D eigenvalue weighted by Gasteiger charge is -2.29. The van der Waals surface area contributed by atoms with Gasteiger partial charge in [0.2, 0.25) is 5.95 Å². The van der Waals surface area contributed by atoms with Crippen LogP contribution >= 0.6 is 0 Å². The maximum atomic E-state index is 4.17. The second-order valence-electron chi connectivity index (χ2n) is 3.67. The molecule has 0 unspecified atom stereocenters. The molecular weight excluding hydrogens is 178 g/mol. The molecule has 14 heavy (non-hydrogen) atoms. The van der Waals surface area contributed by atoms with E-state index < -0.39 is 0 Å². The molecule has 0 bridgehead atoms. The summed E-state index contributed by atoms with van der Waals surface area (Å²) in [6.07, 6.45) is 3.83. The summed E-state index contributed by atoms with van der Waals surface area (Å²) in [4.78, 5) is 0. The van der Waals surface area contributed by atoms with Gasteiger partial charge in [-0.1, -0.05) is 0 Å². The normalized spacial score (nSPS) is 16.7. The summed E-state index contributed by atoms with van der Waals surface area (Å²) in [5, 5.41) is 14.5. The summed E-state index contributed by atoms with van der Waals surface area (Å²) in [5.74, 6) is 1.92. The van der Waals surface area contributed by atoms with Gasteiger partial charge in [0.05, 0.1) is 6.54 Å². The monoisotopic (exact) mass is 195 g/mol. The summed E-state index contributed by atoms with van der Waals surface area (Å²) < 4.78 is 2.22. The second kappa shape index (κ2) is 3.96. The molecule has 0 spiro atoms. The molecule has 0 amide bonds. The Balaban J connectivity index is 2.25. The van der Waals surface area contributed by atoms with Gasteiger partial charge in [-0.25, -0.2) is 0 Å². The van der Waals surface area contributed by atoms with E-state index in [0.717, 1.165) is 18.3 Å². The van der Waals surface area contributed by atoms with Gasteiger partial charge < -0.3 is 10.6 Å². The fraction of sp³-hybridized carbons (Fsp3) is 0.778. The minimum Gasteiger partial charge on any atom is -0.357 e. The lowest BCUT2D eigenvalue weighted by Crippen LogP contribution is -2.22. The predicted molar refractivity (Wildman–Crippen MR) is 55.2 cm³/mol. The van der Waals surface area contributed by atoms with E-state index in [-0.39, 0.29) is 0 Å². The first-order valence-electron chi connectivity index (χ1n) is 5.13. The van der Waals surface area contributed by atoms with Crippen LogP contribution in [-0.2, 0) is 6.54 Å². The summed E-state index contributed by atoms with van der Waals surface area (Å²) in [5.41, 5.74) is 0. The molecule has 0 atom stereocenters.